The molecule has 0 saturated carbocycles. The molecule has 0 spiro atoms. The van der Waals surface area contributed by atoms with E-state index < -0.39 is 10.0 Å². The van der Waals surface area contributed by atoms with Crippen LogP contribution < -0.4 is 0 Å². The second-order valence-corrected chi connectivity index (χ2v) is 8.72. The molecule has 0 bridgehead atoms. The molecule has 1 heterocycles. The molecule has 0 atom stereocenters. The van der Waals surface area contributed by atoms with Crippen LogP contribution in [-0.2, 0) is 15.8 Å². The Bertz CT molecular complexity index is 887. The minimum Gasteiger partial charge on any atom is -0.336 e. The van der Waals surface area contributed by atoms with Crippen LogP contribution in [0.2, 0.25) is 0 Å². The summed E-state index contributed by atoms with van der Waals surface area (Å²) >= 11 is 0. The lowest BCUT2D eigenvalue weighted by Crippen LogP contribution is -2.50. The second kappa shape index (κ2) is 7.60. The molecular weight excluding hydrogens is 348 g/mol. The van der Waals surface area contributed by atoms with E-state index in [2.05, 4.69) is 0 Å². The van der Waals surface area contributed by atoms with Gasteiger partial charge in [0.05, 0.1) is 5.75 Å². The third-order valence-corrected chi connectivity index (χ3v) is 6.58. The zero-order valence-corrected chi connectivity index (χ0v) is 16.0. The van der Waals surface area contributed by atoms with Crippen molar-refractivity contribution in [3.05, 3.63) is 70.8 Å². The first kappa shape index (κ1) is 18.6. The minimum absolute atomic E-state index is 0.00122. The number of carbonyl (C=O) groups is 1. The van der Waals surface area contributed by atoms with E-state index >= 15 is 0 Å². The van der Waals surface area contributed by atoms with Gasteiger partial charge in [-0.25, -0.2) is 8.42 Å². The van der Waals surface area contributed by atoms with Crippen molar-refractivity contribution >= 4 is 15.9 Å². The second-order valence-electron chi connectivity index (χ2n) is 6.75. The van der Waals surface area contributed by atoms with Gasteiger partial charge in [0.2, 0.25) is 10.0 Å². The summed E-state index contributed by atoms with van der Waals surface area (Å²) in [6, 6.07) is 15.0. The molecule has 0 aromatic heterocycles. The Balaban J connectivity index is 1.65. The lowest BCUT2D eigenvalue weighted by atomic mass is 10.0. The average Bonchev–Trinajstić information content (AvgIpc) is 2.64. The third-order valence-electron chi connectivity index (χ3n) is 4.73. The number of piperazine rings is 1. The number of nitrogens with zero attached hydrogens (tertiary/aromatic N) is 2. The minimum atomic E-state index is -3.37. The molecule has 2 aromatic carbocycles. The Morgan fingerprint density at radius 2 is 1.62 bits per heavy atom. The summed E-state index contributed by atoms with van der Waals surface area (Å²) in [5, 5.41) is 0. The van der Waals surface area contributed by atoms with Crippen molar-refractivity contribution in [3.8, 4) is 0 Å². The SMILES string of the molecule is Cc1ccc(C)c(C(=O)N2CCN(S(=O)(=O)Cc3ccccc3)CC2)c1. The van der Waals surface area contributed by atoms with Crippen LogP contribution in [0.4, 0.5) is 0 Å². The summed E-state index contributed by atoms with van der Waals surface area (Å²) in [6.07, 6.45) is 0. The van der Waals surface area contributed by atoms with Gasteiger partial charge >= 0.3 is 0 Å². The summed E-state index contributed by atoms with van der Waals surface area (Å²) in [5.41, 5.74) is 3.47. The highest BCUT2D eigenvalue weighted by Crippen LogP contribution is 2.17. The van der Waals surface area contributed by atoms with Gasteiger partial charge in [0, 0.05) is 31.7 Å². The number of amides is 1. The number of benzene rings is 2. The van der Waals surface area contributed by atoms with Crippen LogP contribution in [0.25, 0.3) is 0 Å². The van der Waals surface area contributed by atoms with Crippen molar-refractivity contribution in [1.82, 2.24) is 9.21 Å². The van der Waals surface area contributed by atoms with E-state index in [9.17, 15) is 13.2 Å². The van der Waals surface area contributed by atoms with Gasteiger partial charge in [-0.1, -0.05) is 48.0 Å². The smallest absolute Gasteiger partial charge is 0.254 e. The molecular formula is C20H24N2O3S. The molecule has 1 aliphatic heterocycles. The molecule has 5 nitrogen and oxygen atoms in total. The van der Waals surface area contributed by atoms with E-state index in [1.807, 2.05) is 62.4 Å². The molecule has 3 rings (SSSR count). The molecule has 1 fully saturated rings. The first-order chi connectivity index (χ1) is 12.4. The summed E-state index contributed by atoms with van der Waals surface area (Å²) < 4.78 is 26.7. The molecule has 6 heteroatoms. The van der Waals surface area contributed by atoms with Crippen molar-refractivity contribution in [1.29, 1.82) is 0 Å². The van der Waals surface area contributed by atoms with E-state index in [0.717, 1.165) is 16.7 Å². The predicted octanol–water partition coefficient (Wildman–Crippen LogP) is 2.59. The van der Waals surface area contributed by atoms with Gasteiger partial charge in [0.1, 0.15) is 0 Å². The zero-order chi connectivity index (χ0) is 18.7. The molecule has 26 heavy (non-hydrogen) atoms. The Morgan fingerprint density at radius 3 is 2.27 bits per heavy atom. The van der Waals surface area contributed by atoms with E-state index in [0.29, 0.717) is 31.7 Å². The zero-order valence-electron chi connectivity index (χ0n) is 15.2. The average molecular weight is 372 g/mol. The number of aryl methyl sites for hydroxylation is 2. The van der Waals surface area contributed by atoms with Gasteiger partial charge in [0.15, 0.2) is 0 Å². The number of rotatable bonds is 4. The number of sulfonamides is 1. The van der Waals surface area contributed by atoms with Crippen molar-refractivity contribution in [2.24, 2.45) is 0 Å². The standard InChI is InChI=1S/C20H24N2O3S/c1-16-8-9-17(2)19(14-16)20(23)21-10-12-22(13-11-21)26(24,25)15-18-6-4-3-5-7-18/h3-9,14H,10-13,15H2,1-2H3. The van der Waals surface area contributed by atoms with Crippen LogP contribution in [0.5, 0.6) is 0 Å². The Hall–Kier alpha value is -2.18. The first-order valence-corrected chi connectivity index (χ1v) is 10.4. The fourth-order valence-electron chi connectivity index (χ4n) is 3.18. The topological polar surface area (TPSA) is 57.7 Å². The maximum absolute atomic E-state index is 12.8. The summed E-state index contributed by atoms with van der Waals surface area (Å²) in [5.74, 6) is -0.0232. The summed E-state index contributed by atoms with van der Waals surface area (Å²) in [4.78, 5) is 14.5. The molecule has 0 N–H and O–H groups in total. The lowest BCUT2D eigenvalue weighted by molar-refractivity contribution is 0.0697. The third kappa shape index (κ3) is 4.14. The Labute approximate surface area is 155 Å². The van der Waals surface area contributed by atoms with Gasteiger partial charge in [-0.3, -0.25) is 4.79 Å². The van der Waals surface area contributed by atoms with Crippen LogP contribution in [0.1, 0.15) is 27.0 Å². The fraction of sp³-hybridized carbons (Fsp3) is 0.350. The molecule has 2 aromatic rings. The quantitative estimate of drug-likeness (QED) is 0.829. The molecule has 0 unspecified atom stereocenters. The molecule has 1 amide bonds. The van der Waals surface area contributed by atoms with Crippen LogP contribution in [0.3, 0.4) is 0 Å². The van der Waals surface area contributed by atoms with E-state index in [1.165, 1.54) is 4.31 Å². The van der Waals surface area contributed by atoms with Crippen molar-refractivity contribution in [2.75, 3.05) is 26.2 Å². The lowest BCUT2D eigenvalue weighted by Gasteiger charge is -2.34. The molecule has 138 valence electrons. The number of carbonyl (C=O) groups excluding carboxylic acids is 1. The van der Waals surface area contributed by atoms with Gasteiger partial charge in [0.25, 0.3) is 5.91 Å². The largest absolute Gasteiger partial charge is 0.336 e. The number of hydrogen-bond acceptors (Lipinski definition) is 3. The normalized spacial score (nSPS) is 15.8. The monoisotopic (exact) mass is 372 g/mol. The van der Waals surface area contributed by atoms with Crippen molar-refractivity contribution < 1.29 is 13.2 Å². The van der Waals surface area contributed by atoms with Crippen molar-refractivity contribution in [3.63, 3.8) is 0 Å². The Morgan fingerprint density at radius 1 is 0.962 bits per heavy atom. The summed E-state index contributed by atoms with van der Waals surface area (Å²) in [6.45, 7) is 5.40. The maximum Gasteiger partial charge on any atom is 0.254 e. The van der Waals surface area contributed by atoms with Crippen molar-refractivity contribution in [2.45, 2.75) is 19.6 Å². The van der Waals surface area contributed by atoms with Gasteiger partial charge in [-0.2, -0.15) is 4.31 Å². The first-order valence-electron chi connectivity index (χ1n) is 8.75. The molecule has 0 aliphatic carbocycles. The maximum atomic E-state index is 12.8. The fourth-order valence-corrected chi connectivity index (χ4v) is 4.70. The van der Waals surface area contributed by atoms with Crippen LogP contribution in [-0.4, -0.2) is 49.7 Å². The van der Waals surface area contributed by atoms with Gasteiger partial charge in [-0.15, -0.1) is 0 Å². The summed E-state index contributed by atoms with van der Waals surface area (Å²) in [7, 11) is -3.37. The highest BCUT2D eigenvalue weighted by molar-refractivity contribution is 7.88. The molecule has 1 saturated heterocycles. The van der Waals surface area contributed by atoms with Crippen LogP contribution in [0, 0.1) is 13.8 Å². The van der Waals surface area contributed by atoms with Gasteiger partial charge < -0.3 is 4.90 Å². The highest BCUT2D eigenvalue weighted by Gasteiger charge is 2.29. The number of hydrogen-bond donors (Lipinski definition) is 0. The Kier molecular flexibility index (Phi) is 5.44. The van der Waals surface area contributed by atoms with Crippen LogP contribution in [0.15, 0.2) is 48.5 Å². The predicted molar refractivity (Wildman–Crippen MR) is 102 cm³/mol. The molecule has 0 radical (unpaired) electrons. The van der Waals surface area contributed by atoms with E-state index in [-0.39, 0.29) is 11.7 Å². The van der Waals surface area contributed by atoms with Crippen LogP contribution >= 0.6 is 0 Å². The van der Waals surface area contributed by atoms with Gasteiger partial charge in [-0.05, 0) is 31.0 Å². The molecule has 1 aliphatic rings. The van der Waals surface area contributed by atoms with E-state index in [4.69, 9.17) is 0 Å². The highest BCUT2D eigenvalue weighted by atomic mass is 32.2. The van der Waals surface area contributed by atoms with E-state index in [1.54, 1.807) is 4.90 Å².